The predicted octanol–water partition coefficient (Wildman–Crippen LogP) is 2.35. The van der Waals surface area contributed by atoms with Crippen LogP contribution in [0.25, 0.3) is 0 Å². The first kappa shape index (κ1) is 18.7. The molecule has 1 amide bonds. The lowest BCUT2D eigenvalue weighted by atomic mass is 9.91. The Morgan fingerprint density at radius 1 is 1.25 bits per heavy atom. The monoisotopic (exact) mass is 385 g/mol. The zero-order valence-electron chi connectivity index (χ0n) is 15.7. The van der Waals surface area contributed by atoms with Gasteiger partial charge in [0.1, 0.15) is 11.6 Å². The molecule has 0 spiro atoms. The van der Waals surface area contributed by atoms with E-state index in [0.717, 1.165) is 18.7 Å². The largest absolute Gasteiger partial charge is 0.482 e. The van der Waals surface area contributed by atoms with Crippen LogP contribution >= 0.6 is 0 Å². The lowest BCUT2D eigenvalue weighted by Crippen LogP contribution is -2.53. The van der Waals surface area contributed by atoms with Gasteiger partial charge in [0.05, 0.1) is 19.4 Å². The van der Waals surface area contributed by atoms with Crippen molar-refractivity contribution >= 4 is 11.6 Å². The third-order valence-electron chi connectivity index (χ3n) is 5.41. The van der Waals surface area contributed by atoms with Crippen molar-refractivity contribution in [3.63, 3.8) is 0 Å². The van der Waals surface area contributed by atoms with Gasteiger partial charge < -0.3 is 19.3 Å². The zero-order chi connectivity index (χ0) is 19.3. The average molecular weight is 385 g/mol. The minimum Gasteiger partial charge on any atom is -0.482 e. The molecule has 7 heteroatoms. The van der Waals surface area contributed by atoms with Gasteiger partial charge in [-0.25, -0.2) is 4.39 Å². The van der Waals surface area contributed by atoms with Crippen LogP contribution in [-0.4, -0.2) is 61.3 Å². The summed E-state index contributed by atoms with van der Waals surface area (Å²) in [5.74, 6) is 0.537. The van der Waals surface area contributed by atoms with Crippen molar-refractivity contribution in [3.8, 4) is 5.75 Å². The number of fused-ring (bicyclic) bond motifs is 1. The second-order valence-electron chi connectivity index (χ2n) is 7.18. The fourth-order valence-electron chi connectivity index (χ4n) is 4.01. The predicted molar refractivity (Wildman–Crippen MR) is 103 cm³/mol. The molecule has 2 fully saturated rings. The number of aromatic nitrogens is 1. The molecule has 0 saturated carbocycles. The second kappa shape index (κ2) is 8.56. The highest BCUT2D eigenvalue weighted by molar-refractivity contribution is 5.78. The Kier molecular flexibility index (Phi) is 5.71. The first-order valence-corrected chi connectivity index (χ1v) is 9.61. The fourth-order valence-corrected chi connectivity index (χ4v) is 4.01. The summed E-state index contributed by atoms with van der Waals surface area (Å²) in [7, 11) is 0. The maximum absolute atomic E-state index is 13.3. The van der Waals surface area contributed by atoms with Gasteiger partial charge in [-0.1, -0.05) is 0 Å². The third-order valence-corrected chi connectivity index (χ3v) is 5.41. The minimum atomic E-state index is -0.236. The average Bonchev–Trinajstić information content (AvgIpc) is 2.95. The molecule has 4 rings (SSSR count). The van der Waals surface area contributed by atoms with Crippen LogP contribution in [0.5, 0.6) is 5.75 Å². The maximum Gasteiger partial charge on any atom is 0.260 e. The summed E-state index contributed by atoms with van der Waals surface area (Å²) < 4.78 is 24.7. The molecule has 2 aliphatic heterocycles. The smallest absolute Gasteiger partial charge is 0.260 e. The molecule has 28 heavy (non-hydrogen) atoms. The zero-order valence-corrected chi connectivity index (χ0v) is 15.7. The van der Waals surface area contributed by atoms with Gasteiger partial charge in [0.15, 0.2) is 6.61 Å². The lowest BCUT2D eigenvalue weighted by molar-refractivity contribution is -0.135. The van der Waals surface area contributed by atoms with E-state index in [2.05, 4.69) is 9.88 Å². The number of piperidine rings is 1. The molecular formula is C21H24FN3O3. The Bertz CT molecular complexity index is 787. The molecule has 0 radical (unpaired) electrons. The van der Waals surface area contributed by atoms with Crippen LogP contribution in [-0.2, 0) is 9.53 Å². The van der Waals surface area contributed by atoms with Gasteiger partial charge in [-0.3, -0.25) is 9.78 Å². The fraction of sp³-hybridized carbons (Fsp3) is 0.429. The normalized spacial score (nSPS) is 22.3. The van der Waals surface area contributed by atoms with Gasteiger partial charge in [-0.15, -0.1) is 0 Å². The number of ether oxygens (including phenoxy) is 2. The number of anilines is 1. The van der Waals surface area contributed by atoms with Gasteiger partial charge >= 0.3 is 0 Å². The quantitative estimate of drug-likeness (QED) is 0.809. The van der Waals surface area contributed by atoms with E-state index in [-0.39, 0.29) is 30.3 Å². The van der Waals surface area contributed by atoms with Crippen molar-refractivity contribution in [1.29, 1.82) is 0 Å². The molecule has 2 saturated heterocycles. The molecule has 1 aromatic carbocycles. The summed E-state index contributed by atoms with van der Waals surface area (Å²) in [5, 5.41) is 0. The van der Waals surface area contributed by atoms with Crippen LogP contribution < -0.4 is 9.64 Å². The number of amides is 1. The minimum absolute atomic E-state index is 0.00557. The summed E-state index contributed by atoms with van der Waals surface area (Å²) in [4.78, 5) is 20.7. The van der Waals surface area contributed by atoms with Gasteiger partial charge in [-0.2, -0.15) is 0 Å². The number of benzene rings is 1. The number of hydrogen-bond donors (Lipinski definition) is 0. The molecule has 1 aromatic heterocycles. The molecule has 0 bridgehead atoms. The molecule has 0 aliphatic carbocycles. The summed E-state index contributed by atoms with van der Waals surface area (Å²) >= 11 is 0. The second-order valence-corrected chi connectivity index (χ2v) is 7.18. The SMILES string of the molecule is O=C(COc1cccnc1)N1CC[C@H]2[C@@H](COCCN2c2ccc(F)cc2)C1. The number of nitrogens with zero attached hydrogens (tertiary/aromatic N) is 3. The van der Waals surface area contributed by atoms with Gasteiger partial charge in [0.25, 0.3) is 5.91 Å². The number of rotatable bonds is 4. The molecule has 148 valence electrons. The van der Waals surface area contributed by atoms with E-state index in [1.807, 2.05) is 17.0 Å². The molecule has 3 heterocycles. The first-order valence-electron chi connectivity index (χ1n) is 9.61. The highest BCUT2D eigenvalue weighted by atomic mass is 19.1. The topological polar surface area (TPSA) is 54.9 Å². The Hall–Kier alpha value is -2.67. The molecule has 0 unspecified atom stereocenters. The van der Waals surface area contributed by atoms with E-state index < -0.39 is 0 Å². The summed E-state index contributed by atoms with van der Waals surface area (Å²) in [6.45, 7) is 3.33. The van der Waals surface area contributed by atoms with E-state index in [9.17, 15) is 9.18 Å². The van der Waals surface area contributed by atoms with E-state index in [1.54, 1.807) is 24.5 Å². The highest BCUT2D eigenvalue weighted by Gasteiger charge is 2.36. The van der Waals surface area contributed by atoms with Crippen LogP contribution in [0.3, 0.4) is 0 Å². The molecule has 6 nitrogen and oxygen atoms in total. The van der Waals surface area contributed by atoms with E-state index in [0.29, 0.717) is 32.1 Å². The molecule has 2 aromatic rings. The van der Waals surface area contributed by atoms with Crippen LogP contribution in [0.15, 0.2) is 48.8 Å². The number of likely N-dealkylation sites (tertiary alicyclic amines) is 1. The molecule has 0 N–H and O–H groups in total. The van der Waals surface area contributed by atoms with Crippen molar-refractivity contribution in [3.05, 3.63) is 54.6 Å². The van der Waals surface area contributed by atoms with Gasteiger partial charge in [-0.05, 0) is 42.8 Å². The van der Waals surface area contributed by atoms with E-state index in [4.69, 9.17) is 9.47 Å². The van der Waals surface area contributed by atoms with Crippen LogP contribution in [0.2, 0.25) is 0 Å². The Morgan fingerprint density at radius 3 is 2.89 bits per heavy atom. The standard InChI is InChI=1S/C21H24FN3O3/c22-17-3-5-18(6-4-17)25-10-11-27-14-16-13-24(9-7-20(16)25)21(26)15-28-19-2-1-8-23-12-19/h1-6,8,12,16,20H,7,9-11,13-15H2/t16-,20+/m1/s1. The Morgan fingerprint density at radius 2 is 2.11 bits per heavy atom. The van der Waals surface area contributed by atoms with Crippen molar-refractivity contribution < 1.29 is 18.7 Å². The molecular weight excluding hydrogens is 361 g/mol. The number of hydrogen-bond acceptors (Lipinski definition) is 5. The number of carbonyl (C=O) groups is 1. The summed E-state index contributed by atoms with van der Waals surface area (Å²) in [6.07, 6.45) is 4.11. The number of pyridine rings is 1. The van der Waals surface area contributed by atoms with Crippen LogP contribution in [0.4, 0.5) is 10.1 Å². The van der Waals surface area contributed by atoms with Crippen LogP contribution in [0.1, 0.15) is 6.42 Å². The van der Waals surface area contributed by atoms with Gasteiger partial charge in [0, 0.05) is 43.5 Å². The molecule has 2 atom stereocenters. The van der Waals surface area contributed by atoms with Crippen molar-refractivity contribution in [1.82, 2.24) is 9.88 Å². The first-order chi connectivity index (χ1) is 13.7. The number of carbonyl (C=O) groups excluding carboxylic acids is 1. The Balaban J connectivity index is 1.40. The lowest BCUT2D eigenvalue weighted by Gasteiger charge is -2.43. The van der Waals surface area contributed by atoms with Crippen molar-refractivity contribution in [2.24, 2.45) is 5.92 Å². The van der Waals surface area contributed by atoms with E-state index in [1.165, 1.54) is 12.1 Å². The summed E-state index contributed by atoms with van der Waals surface area (Å²) in [6, 6.07) is 10.4. The van der Waals surface area contributed by atoms with Crippen molar-refractivity contribution in [2.45, 2.75) is 12.5 Å². The van der Waals surface area contributed by atoms with E-state index >= 15 is 0 Å². The maximum atomic E-state index is 13.3. The molecule has 2 aliphatic rings. The highest BCUT2D eigenvalue weighted by Crippen LogP contribution is 2.29. The number of halogens is 1. The third kappa shape index (κ3) is 4.25. The van der Waals surface area contributed by atoms with Crippen molar-refractivity contribution in [2.75, 3.05) is 44.4 Å². The van der Waals surface area contributed by atoms with Crippen LogP contribution in [0, 0.1) is 11.7 Å². The van der Waals surface area contributed by atoms with Gasteiger partial charge in [0.2, 0.25) is 0 Å². The Labute approximate surface area is 163 Å². The summed E-state index contributed by atoms with van der Waals surface area (Å²) in [5.41, 5.74) is 1.00.